The molecule has 0 unspecified atom stereocenters. The second kappa shape index (κ2) is 6.41. The van der Waals surface area contributed by atoms with Gasteiger partial charge >= 0.3 is 0 Å². The number of aryl methyl sites for hydroxylation is 2. The van der Waals surface area contributed by atoms with E-state index in [1.807, 2.05) is 42.0 Å². The second-order valence-electron chi connectivity index (χ2n) is 6.51. The molecule has 0 fully saturated rings. The van der Waals surface area contributed by atoms with E-state index in [4.69, 9.17) is 4.74 Å². The predicted octanol–water partition coefficient (Wildman–Crippen LogP) is 0.443. The van der Waals surface area contributed by atoms with Gasteiger partial charge in [-0.1, -0.05) is 5.21 Å². The first-order valence-electron chi connectivity index (χ1n) is 8.26. The molecule has 0 radical (unpaired) electrons. The number of hydrogen-bond acceptors (Lipinski definition) is 6. The Balaban J connectivity index is 1.64. The largest absolute Gasteiger partial charge is 0.383 e. The lowest BCUT2D eigenvalue weighted by Gasteiger charge is -2.35. The molecule has 3 aromatic rings. The smallest absolute Gasteiger partial charge is 0.120 e. The van der Waals surface area contributed by atoms with Crippen LogP contribution in [0.5, 0.6) is 0 Å². The summed E-state index contributed by atoms with van der Waals surface area (Å²) in [6.45, 7) is 3.00. The third-order valence-corrected chi connectivity index (χ3v) is 4.57. The molecule has 0 saturated heterocycles. The van der Waals surface area contributed by atoms with Gasteiger partial charge in [0, 0.05) is 57.8 Å². The van der Waals surface area contributed by atoms with Crippen LogP contribution in [0, 0.1) is 0 Å². The predicted molar refractivity (Wildman–Crippen MR) is 90.3 cm³/mol. The normalized spacial score (nSPS) is 17.8. The summed E-state index contributed by atoms with van der Waals surface area (Å²) in [5.41, 5.74) is 4.20. The third-order valence-electron chi connectivity index (χ3n) is 4.57. The molecule has 0 bridgehead atoms. The van der Waals surface area contributed by atoms with Crippen molar-refractivity contribution in [3.05, 3.63) is 36.0 Å². The fourth-order valence-electron chi connectivity index (χ4n) is 3.36. The zero-order valence-electron chi connectivity index (χ0n) is 14.7. The average molecular weight is 342 g/mol. The molecule has 1 aliphatic rings. The van der Waals surface area contributed by atoms with Crippen molar-refractivity contribution in [2.75, 3.05) is 13.7 Å². The van der Waals surface area contributed by atoms with Crippen molar-refractivity contribution < 1.29 is 4.74 Å². The van der Waals surface area contributed by atoms with Crippen LogP contribution in [0.15, 0.2) is 24.8 Å². The minimum Gasteiger partial charge on any atom is -0.383 e. The van der Waals surface area contributed by atoms with Crippen LogP contribution in [0.25, 0.3) is 11.3 Å². The molecule has 25 heavy (non-hydrogen) atoms. The van der Waals surface area contributed by atoms with E-state index in [2.05, 4.69) is 31.6 Å². The topological polar surface area (TPSA) is 78.8 Å². The maximum absolute atomic E-state index is 5.43. The molecule has 0 amide bonds. The minimum atomic E-state index is 0.251. The second-order valence-corrected chi connectivity index (χ2v) is 6.51. The molecule has 9 heteroatoms. The summed E-state index contributed by atoms with van der Waals surface area (Å²) in [4.78, 5) is 2.40. The van der Waals surface area contributed by atoms with Gasteiger partial charge in [0.25, 0.3) is 0 Å². The molecular weight excluding hydrogens is 320 g/mol. The zero-order valence-corrected chi connectivity index (χ0v) is 14.7. The highest BCUT2D eigenvalue weighted by Gasteiger charge is 2.30. The van der Waals surface area contributed by atoms with Crippen LogP contribution >= 0.6 is 0 Å². The van der Waals surface area contributed by atoms with Crippen molar-refractivity contribution in [2.45, 2.75) is 25.7 Å². The van der Waals surface area contributed by atoms with Gasteiger partial charge in [0.1, 0.15) is 5.69 Å². The summed E-state index contributed by atoms with van der Waals surface area (Å²) in [7, 11) is 5.58. The SMILES string of the molecule is COC[C@@H]1Cn2nnc(-c3cnn(C)c3)c2CN1Cc1cnn(C)c1. The Morgan fingerprint density at radius 3 is 2.64 bits per heavy atom. The molecule has 0 saturated carbocycles. The maximum atomic E-state index is 5.43. The molecule has 4 rings (SSSR count). The number of aromatic nitrogens is 7. The molecule has 9 nitrogen and oxygen atoms in total. The summed E-state index contributed by atoms with van der Waals surface area (Å²) in [5, 5.41) is 17.3. The molecule has 0 aliphatic carbocycles. The molecule has 0 spiro atoms. The minimum absolute atomic E-state index is 0.251. The van der Waals surface area contributed by atoms with Gasteiger partial charge in [-0.3, -0.25) is 14.3 Å². The Morgan fingerprint density at radius 2 is 1.96 bits per heavy atom. The molecule has 3 aromatic heterocycles. The number of hydrogen-bond donors (Lipinski definition) is 0. The van der Waals surface area contributed by atoms with Gasteiger partial charge in [-0.15, -0.1) is 5.10 Å². The summed E-state index contributed by atoms with van der Waals surface area (Å²) >= 11 is 0. The number of nitrogens with zero attached hydrogens (tertiary/aromatic N) is 8. The number of rotatable bonds is 5. The van der Waals surface area contributed by atoms with E-state index in [1.165, 1.54) is 5.56 Å². The van der Waals surface area contributed by atoms with Gasteiger partial charge in [0.15, 0.2) is 0 Å². The quantitative estimate of drug-likeness (QED) is 0.670. The Kier molecular flexibility index (Phi) is 4.10. The van der Waals surface area contributed by atoms with Crippen LogP contribution in [0.2, 0.25) is 0 Å². The van der Waals surface area contributed by atoms with Crippen molar-refractivity contribution in [1.29, 1.82) is 0 Å². The van der Waals surface area contributed by atoms with Crippen molar-refractivity contribution in [1.82, 2.24) is 39.5 Å². The van der Waals surface area contributed by atoms with Crippen LogP contribution < -0.4 is 0 Å². The average Bonchev–Trinajstić information content (AvgIpc) is 3.28. The van der Waals surface area contributed by atoms with Crippen molar-refractivity contribution >= 4 is 0 Å². The number of ether oxygens (including phenoxy) is 1. The fourth-order valence-corrected chi connectivity index (χ4v) is 3.36. The van der Waals surface area contributed by atoms with Crippen LogP contribution in [0.4, 0.5) is 0 Å². The van der Waals surface area contributed by atoms with E-state index in [1.54, 1.807) is 11.8 Å². The van der Waals surface area contributed by atoms with E-state index in [9.17, 15) is 0 Å². The van der Waals surface area contributed by atoms with Crippen molar-refractivity contribution in [2.24, 2.45) is 14.1 Å². The molecule has 0 N–H and O–H groups in total. The van der Waals surface area contributed by atoms with E-state index in [0.29, 0.717) is 6.61 Å². The summed E-state index contributed by atoms with van der Waals surface area (Å²) in [5.74, 6) is 0. The summed E-state index contributed by atoms with van der Waals surface area (Å²) in [6.07, 6.45) is 7.77. The van der Waals surface area contributed by atoms with Crippen LogP contribution in [0.1, 0.15) is 11.3 Å². The van der Waals surface area contributed by atoms with Crippen LogP contribution in [0.3, 0.4) is 0 Å². The molecular formula is C16H22N8O. The summed E-state index contributed by atoms with van der Waals surface area (Å²) < 4.78 is 11.0. The molecule has 132 valence electrons. The Hall–Kier alpha value is -2.52. The Labute approximate surface area is 145 Å². The highest BCUT2D eigenvalue weighted by atomic mass is 16.5. The summed E-state index contributed by atoms with van der Waals surface area (Å²) in [6, 6.07) is 0.251. The molecule has 0 aromatic carbocycles. The van der Waals surface area contributed by atoms with Crippen molar-refractivity contribution in [3.8, 4) is 11.3 Å². The standard InChI is InChI=1S/C16H22N8O/c1-21-6-12(4-17-21)7-23-10-15-16(13-5-18-22(2)8-13)19-20-24(15)9-14(23)11-25-3/h4-6,8,14H,7,9-11H2,1-3H3/t14-/m0/s1. The monoisotopic (exact) mass is 342 g/mol. The van der Waals surface area contributed by atoms with Crippen LogP contribution in [-0.2, 0) is 38.5 Å². The van der Waals surface area contributed by atoms with Gasteiger partial charge in [-0.05, 0) is 0 Å². The zero-order chi connectivity index (χ0) is 17.4. The lowest BCUT2D eigenvalue weighted by molar-refractivity contribution is 0.0503. The molecule has 1 atom stereocenters. The highest BCUT2D eigenvalue weighted by molar-refractivity contribution is 5.59. The van der Waals surface area contributed by atoms with Gasteiger partial charge in [0.2, 0.25) is 0 Å². The fraction of sp³-hybridized carbons (Fsp3) is 0.500. The highest BCUT2D eigenvalue weighted by Crippen LogP contribution is 2.27. The van der Waals surface area contributed by atoms with Gasteiger partial charge in [-0.2, -0.15) is 10.2 Å². The third kappa shape index (κ3) is 3.08. The first-order chi connectivity index (χ1) is 12.1. The maximum Gasteiger partial charge on any atom is 0.120 e. The van der Waals surface area contributed by atoms with Crippen molar-refractivity contribution in [3.63, 3.8) is 0 Å². The van der Waals surface area contributed by atoms with E-state index >= 15 is 0 Å². The lowest BCUT2D eigenvalue weighted by Crippen LogP contribution is -2.45. The molecule has 4 heterocycles. The van der Waals surface area contributed by atoms with Gasteiger partial charge in [-0.25, -0.2) is 4.68 Å². The van der Waals surface area contributed by atoms with E-state index < -0.39 is 0 Å². The first kappa shape index (κ1) is 16.0. The van der Waals surface area contributed by atoms with E-state index in [-0.39, 0.29) is 6.04 Å². The van der Waals surface area contributed by atoms with Gasteiger partial charge in [0.05, 0.1) is 37.3 Å². The van der Waals surface area contributed by atoms with Gasteiger partial charge < -0.3 is 4.74 Å². The van der Waals surface area contributed by atoms with E-state index in [0.717, 1.165) is 36.6 Å². The lowest BCUT2D eigenvalue weighted by atomic mass is 10.1. The molecule has 1 aliphatic heterocycles. The number of methoxy groups -OCH3 is 1. The Bertz CT molecular complexity index is 863. The first-order valence-corrected chi connectivity index (χ1v) is 8.26. The van der Waals surface area contributed by atoms with Crippen LogP contribution in [-0.4, -0.2) is 59.2 Å². The Morgan fingerprint density at radius 1 is 1.16 bits per heavy atom. The number of fused-ring (bicyclic) bond motifs is 1.